The second-order valence-corrected chi connectivity index (χ2v) is 7.55. The lowest BCUT2D eigenvalue weighted by Gasteiger charge is -2.06. The third-order valence-electron chi connectivity index (χ3n) is 3.03. The summed E-state index contributed by atoms with van der Waals surface area (Å²) in [7, 11) is -3.21. The molecule has 0 saturated heterocycles. The van der Waals surface area contributed by atoms with E-state index in [4.69, 9.17) is 10.3 Å². The molecule has 0 spiro atoms. The quantitative estimate of drug-likeness (QED) is 0.926. The molecule has 1 fully saturated rings. The molecule has 1 saturated carbocycles. The molecule has 0 radical (unpaired) electrons. The zero-order chi connectivity index (χ0) is 13.6. The molecule has 3 rings (SSSR count). The van der Waals surface area contributed by atoms with E-state index in [9.17, 15) is 8.42 Å². The van der Waals surface area contributed by atoms with E-state index in [0.717, 1.165) is 18.4 Å². The molecule has 1 aliphatic carbocycles. The van der Waals surface area contributed by atoms with Crippen LogP contribution in [0.1, 0.15) is 12.8 Å². The van der Waals surface area contributed by atoms with Gasteiger partial charge in [0.05, 0.1) is 10.1 Å². The molecule has 1 aromatic carbocycles. The Bertz CT molecular complexity index is 735. The van der Waals surface area contributed by atoms with Gasteiger partial charge in [0.1, 0.15) is 5.69 Å². The summed E-state index contributed by atoms with van der Waals surface area (Å²) in [6.45, 7) is 0. The van der Waals surface area contributed by atoms with Crippen molar-refractivity contribution in [2.45, 2.75) is 23.0 Å². The van der Waals surface area contributed by atoms with Crippen LogP contribution in [0.3, 0.4) is 0 Å². The fourth-order valence-electron chi connectivity index (χ4n) is 1.87. The van der Waals surface area contributed by atoms with E-state index in [1.165, 1.54) is 0 Å². The van der Waals surface area contributed by atoms with Gasteiger partial charge in [-0.25, -0.2) is 8.42 Å². The molecule has 1 aliphatic rings. The summed E-state index contributed by atoms with van der Waals surface area (Å²) in [6, 6.07) is 6.61. The number of aromatic nitrogens is 1. The van der Waals surface area contributed by atoms with Gasteiger partial charge in [0.15, 0.2) is 9.84 Å². The Hall–Kier alpha value is -1.34. The first-order valence-electron chi connectivity index (χ1n) is 5.74. The molecule has 0 aliphatic heterocycles. The number of anilines is 1. The first-order chi connectivity index (χ1) is 8.98. The van der Waals surface area contributed by atoms with Crippen molar-refractivity contribution in [2.24, 2.45) is 0 Å². The van der Waals surface area contributed by atoms with Crippen molar-refractivity contribution < 1.29 is 12.9 Å². The van der Waals surface area contributed by atoms with E-state index in [1.807, 2.05) is 0 Å². The van der Waals surface area contributed by atoms with Gasteiger partial charge < -0.3 is 10.3 Å². The van der Waals surface area contributed by atoms with Crippen LogP contribution in [0.25, 0.3) is 11.3 Å². The molecule has 1 heterocycles. The Labute approximate surface area is 118 Å². The standard InChI is InChI=1S/C12H11BrN2O3S/c13-9-5-7(10-6-12(14)18-15-10)1-4-11(9)19(16,17)8-2-3-8/h1,4-6,8H,2-3,14H2. The maximum absolute atomic E-state index is 12.2. The molecular weight excluding hydrogens is 332 g/mol. The smallest absolute Gasteiger partial charge is 0.222 e. The van der Waals surface area contributed by atoms with Gasteiger partial charge in [-0.05, 0) is 40.9 Å². The van der Waals surface area contributed by atoms with Crippen LogP contribution in [-0.4, -0.2) is 18.8 Å². The van der Waals surface area contributed by atoms with Gasteiger partial charge in [0.25, 0.3) is 0 Å². The minimum absolute atomic E-state index is 0.223. The molecule has 0 atom stereocenters. The summed E-state index contributed by atoms with van der Waals surface area (Å²) in [5, 5.41) is 3.57. The highest BCUT2D eigenvalue weighted by Crippen LogP contribution is 2.37. The van der Waals surface area contributed by atoms with Crippen LogP contribution in [-0.2, 0) is 9.84 Å². The summed E-state index contributed by atoms with van der Waals surface area (Å²) in [5.41, 5.74) is 6.79. The van der Waals surface area contributed by atoms with E-state index in [1.54, 1.807) is 24.3 Å². The summed E-state index contributed by atoms with van der Waals surface area (Å²) in [5.74, 6) is 0.223. The van der Waals surface area contributed by atoms with Gasteiger partial charge in [0.2, 0.25) is 5.88 Å². The lowest BCUT2D eigenvalue weighted by molar-refractivity contribution is 0.439. The maximum atomic E-state index is 12.2. The predicted octanol–water partition coefficient (Wildman–Crippen LogP) is 2.62. The number of rotatable bonds is 3. The Kier molecular flexibility index (Phi) is 2.90. The van der Waals surface area contributed by atoms with Gasteiger partial charge in [-0.1, -0.05) is 11.2 Å². The van der Waals surface area contributed by atoms with Crippen molar-refractivity contribution in [1.29, 1.82) is 0 Å². The highest BCUT2D eigenvalue weighted by atomic mass is 79.9. The van der Waals surface area contributed by atoms with Gasteiger partial charge in [-0.2, -0.15) is 0 Å². The zero-order valence-electron chi connectivity index (χ0n) is 9.84. The van der Waals surface area contributed by atoms with Crippen LogP contribution in [0.15, 0.2) is 38.2 Å². The van der Waals surface area contributed by atoms with Gasteiger partial charge >= 0.3 is 0 Å². The molecule has 0 bridgehead atoms. The number of nitrogens with two attached hydrogens (primary N) is 1. The Balaban J connectivity index is 2.03. The molecule has 0 amide bonds. The van der Waals surface area contributed by atoms with Gasteiger partial charge in [-0.3, -0.25) is 0 Å². The van der Waals surface area contributed by atoms with Crippen LogP contribution >= 0.6 is 15.9 Å². The lowest BCUT2D eigenvalue weighted by Crippen LogP contribution is -2.07. The lowest BCUT2D eigenvalue weighted by atomic mass is 10.1. The van der Waals surface area contributed by atoms with Crippen LogP contribution in [0.5, 0.6) is 0 Å². The monoisotopic (exact) mass is 342 g/mol. The number of sulfone groups is 1. The van der Waals surface area contributed by atoms with E-state index >= 15 is 0 Å². The third-order valence-corrected chi connectivity index (χ3v) is 6.26. The van der Waals surface area contributed by atoms with E-state index < -0.39 is 9.84 Å². The summed E-state index contributed by atoms with van der Waals surface area (Å²) in [4.78, 5) is 0.329. The second kappa shape index (κ2) is 4.35. The number of nitrogen functional groups attached to an aromatic ring is 1. The van der Waals surface area contributed by atoms with Gasteiger partial charge in [0, 0.05) is 16.1 Å². The van der Waals surface area contributed by atoms with Crippen molar-refractivity contribution in [3.05, 3.63) is 28.7 Å². The molecule has 2 N–H and O–H groups in total. The Morgan fingerprint density at radius 2 is 2.05 bits per heavy atom. The van der Waals surface area contributed by atoms with Crippen molar-refractivity contribution >= 4 is 31.7 Å². The largest absolute Gasteiger partial charge is 0.368 e. The molecule has 2 aromatic rings. The van der Waals surface area contributed by atoms with Crippen LogP contribution in [0, 0.1) is 0 Å². The Morgan fingerprint density at radius 3 is 2.58 bits per heavy atom. The number of hydrogen-bond donors (Lipinski definition) is 1. The van der Waals surface area contributed by atoms with Crippen LogP contribution in [0.2, 0.25) is 0 Å². The minimum Gasteiger partial charge on any atom is -0.368 e. The van der Waals surface area contributed by atoms with Gasteiger partial charge in [-0.15, -0.1) is 0 Å². The minimum atomic E-state index is -3.21. The average Bonchev–Trinajstić information content (AvgIpc) is 3.12. The van der Waals surface area contributed by atoms with Crippen LogP contribution < -0.4 is 5.73 Å². The normalized spacial score (nSPS) is 15.6. The number of benzene rings is 1. The van der Waals surface area contributed by atoms with Crippen molar-refractivity contribution in [1.82, 2.24) is 5.16 Å². The molecule has 100 valence electrons. The number of hydrogen-bond acceptors (Lipinski definition) is 5. The first-order valence-corrected chi connectivity index (χ1v) is 8.08. The summed E-state index contributed by atoms with van der Waals surface area (Å²) < 4.78 is 29.7. The number of halogens is 1. The van der Waals surface area contributed by atoms with Crippen LogP contribution in [0.4, 0.5) is 5.88 Å². The van der Waals surface area contributed by atoms with E-state index in [-0.39, 0.29) is 11.1 Å². The SMILES string of the molecule is Nc1cc(-c2ccc(S(=O)(=O)C3CC3)c(Br)c2)no1. The van der Waals surface area contributed by atoms with Crippen molar-refractivity contribution in [2.75, 3.05) is 5.73 Å². The number of nitrogens with zero attached hydrogens (tertiary/aromatic N) is 1. The maximum Gasteiger partial charge on any atom is 0.222 e. The second-order valence-electron chi connectivity index (χ2n) is 4.50. The van der Waals surface area contributed by atoms with E-state index in [0.29, 0.717) is 15.1 Å². The molecule has 7 heteroatoms. The molecular formula is C12H11BrN2O3S. The third kappa shape index (κ3) is 2.28. The average molecular weight is 343 g/mol. The summed E-state index contributed by atoms with van der Waals surface area (Å²) >= 11 is 3.31. The molecule has 1 aromatic heterocycles. The predicted molar refractivity (Wildman–Crippen MR) is 74.3 cm³/mol. The molecule has 5 nitrogen and oxygen atoms in total. The fraction of sp³-hybridized carbons (Fsp3) is 0.250. The first kappa shape index (κ1) is 12.7. The summed E-state index contributed by atoms with van der Waals surface area (Å²) in [6.07, 6.45) is 1.49. The highest BCUT2D eigenvalue weighted by molar-refractivity contribution is 9.10. The van der Waals surface area contributed by atoms with Crippen molar-refractivity contribution in [3.63, 3.8) is 0 Å². The van der Waals surface area contributed by atoms with E-state index in [2.05, 4.69) is 21.1 Å². The highest BCUT2D eigenvalue weighted by Gasteiger charge is 2.37. The van der Waals surface area contributed by atoms with Crippen molar-refractivity contribution in [3.8, 4) is 11.3 Å². The fourth-order valence-corrected chi connectivity index (χ4v) is 4.63. The zero-order valence-corrected chi connectivity index (χ0v) is 12.2. The topological polar surface area (TPSA) is 86.2 Å². The molecule has 0 unspecified atom stereocenters. The molecule has 19 heavy (non-hydrogen) atoms. The Morgan fingerprint density at radius 1 is 1.32 bits per heavy atom.